The van der Waals surface area contributed by atoms with Crippen LogP contribution in [0.4, 0.5) is 4.79 Å². The number of nitrogens with zero attached hydrogens (tertiary/aromatic N) is 3. The highest BCUT2D eigenvalue weighted by Gasteiger charge is 2.32. The molecule has 4 rings (SSSR count). The van der Waals surface area contributed by atoms with Crippen LogP contribution >= 0.6 is 0 Å². The van der Waals surface area contributed by atoms with Crippen LogP contribution in [0.5, 0.6) is 0 Å². The van der Waals surface area contributed by atoms with Crippen LogP contribution in [0.25, 0.3) is 5.69 Å². The van der Waals surface area contributed by atoms with Crippen LogP contribution in [0.3, 0.4) is 0 Å². The quantitative estimate of drug-likeness (QED) is 0.721. The normalized spacial score (nSPS) is 13.4. The van der Waals surface area contributed by atoms with Crippen molar-refractivity contribution in [2.45, 2.75) is 38.9 Å². The van der Waals surface area contributed by atoms with Gasteiger partial charge in [0.15, 0.2) is 0 Å². The van der Waals surface area contributed by atoms with Crippen LogP contribution in [0, 0.1) is 6.92 Å². The summed E-state index contributed by atoms with van der Waals surface area (Å²) in [7, 11) is 0. The first-order valence-corrected chi connectivity index (χ1v) is 9.37. The maximum atomic E-state index is 12.9. The molecule has 138 valence electrons. The Morgan fingerprint density at radius 1 is 1.22 bits per heavy atom. The van der Waals surface area contributed by atoms with E-state index in [0.29, 0.717) is 19.1 Å². The first kappa shape index (κ1) is 17.3. The van der Waals surface area contributed by atoms with E-state index in [0.717, 1.165) is 24.1 Å². The standard InChI is InChI=1S/C22H24N4O/c1-17-5-4-6-18(13-17)15-26(20-9-10-20)22(27)24-14-19-7-2-3-8-21(19)25-12-11-23-16-25/h2-8,11-13,16,20H,9-10,14-15H2,1H3,(H,24,27). The zero-order valence-corrected chi connectivity index (χ0v) is 15.5. The van der Waals surface area contributed by atoms with E-state index in [1.165, 1.54) is 11.1 Å². The van der Waals surface area contributed by atoms with E-state index >= 15 is 0 Å². The summed E-state index contributed by atoms with van der Waals surface area (Å²) in [5.41, 5.74) is 4.50. The summed E-state index contributed by atoms with van der Waals surface area (Å²) in [5.74, 6) is 0. The van der Waals surface area contributed by atoms with Crippen molar-refractivity contribution in [1.82, 2.24) is 19.8 Å². The molecule has 1 aliphatic carbocycles. The summed E-state index contributed by atoms with van der Waals surface area (Å²) in [6.07, 6.45) is 7.62. The zero-order chi connectivity index (χ0) is 18.6. The van der Waals surface area contributed by atoms with Gasteiger partial charge in [-0.2, -0.15) is 0 Å². The Balaban J connectivity index is 1.45. The number of carbonyl (C=O) groups excluding carboxylic acids is 1. The molecule has 3 aromatic rings. The van der Waals surface area contributed by atoms with E-state index in [9.17, 15) is 4.79 Å². The lowest BCUT2D eigenvalue weighted by atomic mass is 10.1. The number of aromatic nitrogens is 2. The van der Waals surface area contributed by atoms with Gasteiger partial charge in [0.1, 0.15) is 0 Å². The van der Waals surface area contributed by atoms with Crippen molar-refractivity contribution in [2.24, 2.45) is 0 Å². The van der Waals surface area contributed by atoms with E-state index in [2.05, 4.69) is 41.5 Å². The average Bonchev–Trinajstić information content (AvgIpc) is 3.37. The summed E-state index contributed by atoms with van der Waals surface area (Å²) in [6.45, 7) is 3.23. The monoisotopic (exact) mass is 360 g/mol. The fourth-order valence-corrected chi connectivity index (χ4v) is 3.35. The number of imidazole rings is 1. The molecule has 0 bridgehead atoms. The molecule has 0 saturated heterocycles. The summed E-state index contributed by atoms with van der Waals surface area (Å²) in [5, 5.41) is 3.11. The van der Waals surface area contributed by atoms with Crippen molar-refractivity contribution in [2.75, 3.05) is 0 Å². The second kappa shape index (κ2) is 7.66. The molecule has 1 fully saturated rings. The Labute approximate surface area is 159 Å². The fourth-order valence-electron chi connectivity index (χ4n) is 3.35. The Morgan fingerprint density at radius 2 is 2.07 bits per heavy atom. The Morgan fingerprint density at radius 3 is 2.81 bits per heavy atom. The number of urea groups is 1. The predicted molar refractivity (Wildman–Crippen MR) is 106 cm³/mol. The number of carbonyl (C=O) groups is 1. The Bertz CT molecular complexity index is 916. The summed E-state index contributed by atoms with van der Waals surface area (Å²) >= 11 is 0. The molecular weight excluding hydrogens is 336 g/mol. The number of rotatable bonds is 6. The van der Waals surface area contributed by atoms with E-state index in [4.69, 9.17) is 0 Å². The Hall–Kier alpha value is -3.08. The van der Waals surface area contributed by atoms with Gasteiger partial charge >= 0.3 is 6.03 Å². The minimum Gasteiger partial charge on any atom is -0.334 e. The second-order valence-electron chi connectivity index (χ2n) is 7.11. The maximum absolute atomic E-state index is 12.9. The van der Waals surface area contributed by atoms with Crippen LogP contribution in [0.2, 0.25) is 0 Å². The third-order valence-corrected chi connectivity index (χ3v) is 4.89. The van der Waals surface area contributed by atoms with Crippen LogP contribution in [0.1, 0.15) is 29.5 Å². The molecule has 27 heavy (non-hydrogen) atoms. The van der Waals surface area contributed by atoms with Crippen LogP contribution in [0.15, 0.2) is 67.3 Å². The number of aryl methyl sites for hydroxylation is 1. The van der Waals surface area contributed by atoms with E-state index in [1.807, 2.05) is 39.9 Å². The lowest BCUT2D eigenvalue weighted by Crippen LogP contribution is -2.40. The van der Waals surface area contributed by atoms with Crippen LogP contribution < -0.4 is 5.32 Å². The minimum absolute atomic E-state index is 0.000518. The third kappa shape index (κ3) is 4.19. The van der Waals surface area contributed by atoms with Crippen molar-refractivity contribution in [3.63, 3.8) is 0 Å². The number of hydrogen-bond donors (Lipinski definition) is 1. The molecule has 0 radical (unpaired) electrons. The number of amides is 2. The molecule has 1 N–H and O–H groups in total. The van der Waals surface area contributed by atoms with Gasteiger partial charge in [0.2, 0.25) is 0 Å². The molecule has 1 aliphatic rings. The van der Waals surface area contributed by atoms with Gasteiger partial charge < -0.3 is 14.8 Å². The minimum atomic E-state index is -0.000518. The number of para-hydroxylation sites is 1. The summed E-state index contributed by atoms with van der Waals surface area (Å²) in [4.78, 5) is 19.0. The first-order chi connectivity index (χ1) is 13.2. The molecule has 5 nitrogen and oxygen atoms in total. The van der Waals surface area contributed by atoms with Crippen LogP contribution in [-0.2, 0) is 13.1 Å². The summed E-state index contributed by atoms with van der Waals surface area (Å²) < 4.78 is 1.97. The molecule has 0 aliphatic heterocycles. The largest absolute Gasteiger partial charge is 0.334 e. The van der Waals surface area contributed by atoms with E-state index < -0.39 is 0 Å². The highest BCUT2D eigenvalue weighted by Crippen LogP contribution is 2.28. The van der Waals surface area contributed by atoms with Gasteiger partial charge in [-0.05, 0) is 37.0 Å². The number of benzene rings is 2. The topological polar surface area (TPSA) is 50.2 Å². The van der Waals surface area contributed by atoms with Gasteiger partial charge in [0.05, 0.1) is 12.0 Å². The SMILES string of the molecule is Cc1cccc(CN(C(=O)NCc2ccccc2-n2ccnc2)C2CC2)c1. The van der Waals surface area contributed by atoms with Gasteiger partial charge in [0.25, 0.3) is 0 Å². The van der Waals surface area contributed by atoms with Gasteiger partial charge in [-0.1, -0.05) is 48.0 Å². The van der Waals surface area contributed by atoms with Gasteiger partial charge in [-0.25, -0.2) is 9.78 Å². The van der Waals surface area contributed by atoms with Crippen molar-refractivity contribution >= 4 is 6.03 Å². The smallest absolute Gasteiger partial charge is 0.318 e. The van der Waals surface area contributed by atoms with E-state index in [1.54, 1.807) is 12.5 Å². The fraction of sp³-hybridized carbons (Fsp3) is 0.273. The number of hydrogen-bond acceptors (Lipinski definition) is 2. The molecule has 1 heterocycles. The molecule has 5 heteroatoms. The molecule has 0 spiro atoms. The first-order valence-electron chi connectivity index (χ1n) is 9.37. The van der Waals surface area contributed by atoms with Crippen molar-refractivity contribution in [1.29, 1.82) is 0 Å². The lowest BCUT2D eigenvalue weighted by molar-refractivity contribution is 0.191. The van der Waals surface area contributed by atoms with Gasteiger partial charge in [-0.15, -0.1) is 0 Å². The third-order valence-electron chi connectivity index (χ3n) is 4.89. The van der Waals surface area contributed by atoms with E-state index in [-0.39, 0.29) is 6.03 Å². The molecule has 1 aromatic heterocycles. The Kier molecular flexibility index (Phi) is 4.92. The van der Waals surface area contributed by atoms with Crippen LogP contribution in [-0.4, -0.2) is 26.5 Å². The predicted octanol–water partition coefficient (Wildman–Crippen LogP) is 4.05. The van der Waals surface area contributed by atoms with Crippen molar-refractivity contribution < 1.29 is 4.79 Å². The lowest BCUT2D eigenvalue weighted by Gasteiger charge is -2.23. The molecule has 0 atom stereocenters. The maximum Gasteiger partial charge on any atom is 0.318 e. The van der Waals surface area contributed by atoms with Crippen molar-refractivity contribution in [3.8, 4) is 5.69 Å². The van der Waals surface area contributed by atoms with Crippen molar-refractivity contribution in [3.05, 3.63) is 83.9 Å². The molecule has 2 aromatic carbocycles. The second-order valence-corrected chi connectivity index (χ2v) is 7.11. The average molecular weight is 360 g/mol. The van der Waals surface area contributed by atoms with Gasteiger partial charge in [0, 0.05) is 31.5 Å². The number of nitrogens with one attached hydrogen (secondary N) is 1. The zero-order valence-electron chi connectivity index (χ0n) is 15.5. The summed E-state index contributed by atoms with van der Waals surface area (Å²) in [6, 6.07) is 16.8. The molecule has 2 amide bonds. The highest BCUT2D eigenvalue weighted by molar-refractivity contribution is 5.75. The molecule has 1 saturated carbocycles. The molecule has 0 unspecified atom stereocenters. The molecular formula is C22H24N4O. The van der Waals surface area contributed by atoms with Gasteiger partial charge in [-0.3, -0.25) is 0 Å². The highest BCUT2D eigenvalue weighted by atomic mass is 16.2.